The van der Waals surface area contributed by atoms with E-state index in [1.54, 1.807) is 0 Å². The Kier molecular flexibility index (Phi) is 10.7. The number of nitrogens with one attached hydrogen (secondary N) is 1. The Hall–Kier alpha value is -0.120. The molecule has 0 aliphatic heterocycles. The van der Waals surface area contributed by atoms with Crippen LogP contribution in [0.3, 0.4) is 0 Å². The molecule has 0 aromatic carbocycles. The van der Waals surface area contributed by atoms with E-state index >= 15 is 0 Å². The molecule has 110 valence electrons. The monoisotopic (exact) mass is 258 g/mol. The topological polar surface area (TPSA) is 24.5 Å². The third-order valence-corrected chi connectivity index (χ3v) is 4.01. The summed E-state index contributed by atoms with van der Waals surface area (Å²) in [5, 5.41) is 3.53. The molecule has 0 unspecified atom stereocenters. The molecule has 0 saturated carbocycles. The van der Waals surface area contributed by atoms with Crippen LogP contribution in [0.5, 0.6) is 0 Å². The van der Waals surface area contributed by atoms with Crippen LogP contribution in [0.15, 0.2) is 0 Å². The number of ether oxygens (including phenoxy) is 1. The molecule has 0 fully saturated rings. The summed E-state index contributed by atoms with van der Waals surface area (Å²) in [6, 6.07) is 0. The van der Waals surface area contributed by atoms with Gasteiger partial charge >= 0.3 is 0 Å². The van der Waals surface area contributed by atoms with Gasteiger partial charge in [-0.2, -0.15) is 0 Å². The molecule has 0 rings (SSSR count). The van der Waals surface area contributed by atoms with Crippen molar-refractivity contribution in [1.82, 2.24) is 10.2 Å². The van der Waals surface area contributed by atoms with Crippen molar-refractivity contribution in [2.75, 3.05) is 45.9 Å². The zero-order valence-corrected chi connectivity index (χ0v) is 13.2. The van der Waals surface area contributed by atoms with Crippen LogP contribution < -0.4 is 5.32 Å². The second-order valence-electron chi connectivity index (χ2n) is 5.05. The molecule has 0 aromatic rings. The van der Waals surface area contributed by atoms with Crippen LogP contribution in [0, 0.1) is 5.41 Å². The lowest BCUT2D eigenvalue weighted by Crippen LogP contribution is -2.44. The van der Waals surface area contributed by atoms with Gasteiger partial charge in [0.25, 0.3) is 0 Å². The van der Waals surface area contributed by atoms with E-state index in [9.17, 15) is 0 Å². The minimum Gasteiger partial charge on any atom is -0.380 e. The quantitative estimate of drug-likeness (QED) is 0.545. The normalized spacial score (nSPS) is 12.3. The Morgan fingerprint density at radius 1 is 1.06 bits per heavy atom. The van der Waals surface area contributed by atoms with E-state index in [2.05, 4.69) is 44.8 Å². The minimum absolute atomic E-state index is 0.415. The van der Waals surface area contributed by atoms with Crippen molar-refractivity contribution in [2.24, 2.45) is 5.41 Å². The zero-order valence-electron chi connectivity index (χ0n) is 13.2. The molecule has 0 spiro atoms. The van der Waals surface area contributed by atoms with E-state index in [1.165, 1.54) is 19.4 Å². The van der Waals surface area contributed by atoms with E-state index in [0.717, 1.165) is 39.4 Å². The van der Waals surface area contributed by atoms with E-state index < -0.39 is 0 Å². The highest BCUT2D eigenvalue weighted by Crippen LogP contribution is 2.26. The van der Waals surface area contributed by atoms with Gasteiger partial charge in [0.1, 0.15) is 0 Å². The molecule has 0 aromatic heterocycles. The second kappa shape index (κ2) is 10.8. The molecule has 0 aliphatic carbocycles. The summed E-state index contributed by atoms with van der Waals surface area (Å²) in [6.07, 6.45) is 2.48. The van der Waals surface area contributed by atoms with Crippen LogP contribution in [0.25, 0.3) is 0 Å². The minimum atomic E-state index is 0.415. The lowest BCUT2D eigenvalue weighted by Gasteiger charge is -2.37. The number of nitrogens with zero attached hydrogens (tertiary/aromatic N) is 1. The predicted octanol–water partition coefficient (Wildman–Crippen LogP) is 2.76. The van der Waals surface area contributed by atoms with Crippen LogP contribution in [0.1, 0.15) is 47.5 Å². The van der Waals surface area contributed by atoms with E-state index in [4.69, 9.17) is 4.74 Å². The standard InChI is InChI=1S/C15H34N2O/c1-6-15(7-2,13-16-8-3)14-17(9-4)11-12-18-10-5/h16H,6-14H2,1-5H3. The van der Waals surface area contributed by atoms with Crippen LogP contribution in [-0.2, 0) is 4.74 Å². The van der Waals surface area contributed by atoms with Gasteiger partial charge in [0, 0.05) is 26.2 Å². The largest absolute Gasteiger partial charge is 0.380 e. The van der Waals surface area contributed by atoms with Gasteiger partial charge in [-0.15, -0.1) is 0 Å². The first-order valence-electron chi connectivity index (χ1n) is 7.68. The van der Waals surface area contributed by atoms with E-state index in [-0.39, 0.29) is 0 Å². The third-order valence-electron chi connectivity index (χ3n) is 4.01. The van der Waals surface area contributed by atoms with Crippen LogP contribution in [-0.4, -0.2) is 50.8 Å². The first-order valence-corrected chi connectivity index (χ1v) is 7.68. The summed E-state index contributed by atoms with van der Waals surface area (Å²) in [4.78, 5) is 2.53. The van der Waals surface area contributed by atoms with Crippen molar-refractivity contribution in [2.45, 2.75) is 47.5 Å². The van der Waals surface area contributed by atoms with Gasteiger partial charge in [0.15, 0.2) is 0 Å². The lowest BCUT2D eigenvalue weighted by molar-refractivity contribution is 0.0845. The van der Waals surface area contributed by atoms with Crippen molar-refractivity contribution in [3.05, 3.63) is 0 Å². The van der Waals surface area contributed by atoms with Crippen molar-refractivity contribution in [3.8, 4) is 0 Å². The third kappa shape index (κ3) is 6.72. The predicted molar refractivity (Wildman–Crippen MR) is 80.2 cm³/mol. The Labute approximate surface area is 114 Å². The summed E-state index contributed by atoms with van der Waals surface area (Å²) in [5.74, 6) is 0. The number of hydrogen-bond acceptors (Lipinski definition) is 3. The van der Waals surface area contributed by atoms with Crippen LogP contribution in [0.2, 0.25) is 0 Å². The van der Waals surface area contributed by atoms with Gasteiger partial charge in [-0.25, -0.2) is 0 Å². The zero-order chi connectivity index (χ0) is 13.9. The van der Waals surface area contributed by atoms with Gasteiger partial charge in [0.2, 0.25) is 0 Å². The van der Waals surface area contributed by atoms with Crippen molar-refractivity contribution >= 4 is 0 Å². The summed E-state index contributed by atoms with van der Waals surface area (Å²) in [5.41, 5.74) is 0.415. The molecule has 0 atom stereocenters. The van der Waals surface area contributed by atoms with Crippen LogP contribution >= 0.6 is 0 Å². The molecule has 18 heavy (non-hydrogen) atoms. The molecule has 0 radical (unpaired) electrons. The summed E-state index contributed by atoms with van der Waals surface area (Å²) in [6.45, 7) is 18.3. The molecule has 0 amide bonds. The number of hydrogen-bond donors (Lipinski definition) is 1. The summed E-state index contributed by atoms with van der Waals surface area (Å²) < 4.78 is 5.47. The first kappa shape index (κ1) is 17.9. The lowest BCUT2D eigenvalue weighted by atomic mass is 9.81. The second-order valence-corrected chi connectivity index (χ2v) is 5.05. The van der Waals surface area contributed by atoms with Crippen molar-refractivity contribution in [3.63, 3.8) is 0 Å². The SMILES string of the molecule is CCNCC(CC)(CC)CN(CC)CCOCC. The molecule has 3 heteroatoms. The van der Waals surface area contributed by atoms with Crippen molar-refractivity contribution < 1.29 is 4.74 Å². The molecule has 3 nitrogen and oxygen atoms in total. The van der Waals surface area contributed by atoms with Gasteiger partial charge in [-0.3, -0.25) is 0 Å². The first-order chi connectivity index (χ1) is 8.67. The molecule has 0 bridgehead atoms. The number of likely N-dealkylation sites (N-methyl/N-ethyl adjacent to an activating group) is 1. The average Bonchev–Trinajstić information content (AvgIpc) is 2.42. The number of rotatable bonds is 12. The fraction of sp³-hybridized carbons (Fsp3) is 1.00. The van der Waals surface area contributed by atoms with E-state index in [1.807, 2.05) is 0 Å². The Bertz CT molecular complexity index is 181. The van der Waals surface area contributed by atoms with Crippen molar-refractivity contribution in [1.29, 1.82) is 0 Å². The Morgan fingerprint density at radius 3 is 2.17 bits per heavy atom. The molecular weight excluding hydrogens is 224 g/mol. The molecule has 0 aliphatic rings. The molecule has 0 saturated heterocycles. The fourth-order valence-electron chi connectivity index (χ4n) is 2.33. The van der Waals surface area contributed by atoms with Crippen LogP contribution in [0.4, 0.5) is 0 Å². The van der Waals surface area contributed by atoms with Gasteiger partial charge in [-0.05, 0) is 38.3 Å². The molecule has 0 heterocycles. The highest BCUT2D eigenvalue weighted by molar-refractivity contribution is 4.82. The maximum absolute atomic E-state index is 5.47. The smallest absolute Gasteiger partial charge is 0.0593 e. The van der Waals surface area contributed by atoms with E-state index in [0.29, 0.717) is 5.41 Å². The Balaban J connectivity index is 4.32. The molecular formula is C15H34N2O. The van der Waals surface area contributed by atoms with Gasteiger partial charge in [0.05, 0.1) is 6.61 Å². The Morgan fingerprint density at radius 2 is 1.72 bits per heavy atom. The average molecular weight is 258 g/mol. The highest BCUT2D eigenvalue weighted by atomic mass is 16.5. The maximum Gasteiger partial charge on any atom is 0.0593 e. The van der Waals surface area contributed by atoms with Gasteiger partial charge < -0.3 is 15.0 Å². The fourth-order valence-corrected chi connectivity index (χ4v) is 2.33. The highest BCUT2D eigenvalue weighted by Gasteiger charge is 2.27. The summed E-state index contributed by atoms with van der Waals surface area (Å²) in [7, 11) is 0. The maximum atomic E-state index is 5.47. The van der Waals surface area contributed by atoms with Gasteiger partial charge in [-0.1, -0.05) is 27.7 Å². The molecule has 1 N–H and O–H groups in total. The summed E-state index contributed by atoms with van der Waals surface area (Å²) >= 11 is 0.